The first kappa shape index (κ1) is 7.63. The highest BCUT2D eigenvalue weighted by Crippen LogP contribution is 2.15. The van der Waals surface area contributed by atoms with Gasteiger partial charge in [0.2, 0.25) is 0 Å². The summed E-state index contributed by atoms with van der Waals surface area (Å²) in [6.45, 7) is 1.73. The van der Waals surface area contributed by atoms with Gasteiger partial charge in [0, 0.05) is 5.75 Å². The minimum absolute atomic E-state index is 0.308. The number of rotatable bonds is 3. The minimum Gasteiger partial charge on any atom is -0.440 e. The third-order valence-electron chi connectivity index (χ3n) is 0.858. The van der Waals surface area contributed by atoms with Gasteiger partial charge in [0.15, 0.2) is 0 Å². The topological polar surface area (TPSA) is 46.3 Å². The lowest BCUT2D eigenvalue weighted by molar-refractivity contribution is 0.220. The third kappa shape index (κ3) is 2.41. The summed E-state index contributed by atoms with van der Waals surface area (Å²) in [5.41, 5.74) is 0. The zero-order chi connectivity index (χ0) is 7.40. The third-order valence-corrected chi connectivity index (χ3v) is 1.96. The summed E-state index contributed by atoms with van der Waals surface area (Å²) in [4.78, 5) is 3.87. The van der Waals surface area contributed by atoms with Gasteiger partial charge >= 0.3 is 0 Å². The number of nitrogens with zero attached hydrogens (tertiary/aromatic N) is 1. The fourth-order valence-corrected chi connectivity index (χ4v) is 1.12. The number of thioether (sulfide) groups is 1. The maximum absolute atomic E-state index is 8.86. The second-order valence-corrected chi connectivity index (χ2v) is 2.93. The van der Waals surface area contributed by atoms with Crippen LogP contribution >= 0.6 is 11.8 Å². The zero-order valence-electron chi connectivity index (χ0n) is 5.65. The van der Waals surface area contributed by atoms with Crippen molar-refractivity contribution >= 4 is 11.8 Å². The summed E-state index contributed by atoms with van der Waals surface area (Å²) in [6.07, 6.45) is 2.80. The fourth-order valence-electron chi connectivity index (χ4n) is 0.474. The van der Waals surface area contributed by atoms with Crippen molar-refractivity contribution < 1.29 is 9.52 Å². The normalized spacial score (nSPS) is 13.4. The molecule has 0 saturated heterocycles. The summed E-state index contributed by atoms with van der Waals surface area (Å²) in [6, 6.07) is 0. The fraction of sp³-hybridized carbons (Fsp3) is 0.500. The summed E-state index contributed by atoms with van der Waals surface area (Å²) in [7, 11) is 0. The molecule has 10 heavy (non-hydrogen) atoms. The Labute approximate surface area is 63.5 Å². The van der Waals surface area contributed by atoms with Gasteiger partial charge in [0.25, 0.3) is 5.22 Å². The van der Waals surface area contributed by atoms with E-state index < -0.39 is 0 Å². The van der Waals surface area contributed by atoms with E-state index in [1.165, 1.54) is 18.0 Å². The van der Waals surface area contributed by atoms with Crippen LogP contribution in [0, 0.1) is 0 Å². The van der Waals surface area contributed by atoms with E-state index in [0.29, 0.717) is 11.0 Å². The average Bonchev–Trinajstić information content (AvgIpc) is 2.34. The van der Waals surface area contributed by atoms with E-state index in [1.807, 2.05) is 0 Å². The second-order valence-electron chi connectivity index (χ2n) is 1.96. The highest BCUT2D eigenvalue weighted by atomic mass is 32.2. The molecule has 0 bridgehead atoms. The standard InChI is InChI=1S/C6H9NO2S/c1-5(8)4-10-6-7-2-3-9-6/h2-3,5,8H,4H2,1H3/t5-/m0/s1. The quantitative estimate of drug-likeness (QED) is 0.672. The predicted octanol–water partition coefficient (Wildman–Crippen LogP) is 1.15. The Bertz CT molecular complexity index is 174. The first-order valence-corrected chi connectivity index (χ1v) is 3.98. The van der Waals surface area contributed by atoms with E-state index in [-0.39, 0.29) is 6.10 Å². The lowest BCUT2D eigenvalue weighted by atomic mass is 10.5. The number of hydrogen-bond donors (Lipinski definition) is 1. The molecule has 0 aliphatic carbocycles. The molecule has 0 saturated carbocycles. The van der Waals surface area contributed by atoms with Gasteiger partial charge in [-0.25, -0.2) is 4.98 Å². The molecule has 0 radical (unpaired) electrons. The Hall–Kier alpha value is -0.480. The van der Waals surface area contributed by atoms with Crippen LogP contribution in [0.5, 0.6) is 0 Å². The van der Waals surface area contributed by atoms with Gasteiger partial charge < -0.3 is 9.52 Å². The van der Waals surface area contributed by atoms with Crippen LogP contribution in [0.3, 0.4) is 0 Å². The number of aromatic nitrogens is 1. The summed E-state index contributed by atoms with van der Waals surface area (Å²) in [5, 5.41) is 9.47. The lowest BCUT2D eigenvalue weighted by Gasteiger charge is -1.98. The molecular formula is C6H9NO2S. The van der Waals surface area contributed by atoms with E-state index >= 15 is 0 Å². The molecule has 4 heteroatoms. The Morgan fingerprint density at radius 1 is 1.90 bits per heavy atom. The molecule has 0 spiro atoms. The van der Waals surface area contributed by atoms with Crippen molar-refractivity contribution in [3.8, 4) is 0 Å². The van der Waals surface area contributed by atoms with Crippen LogP contribution < -0.4 is 0 Å². The molecule has 3 nitrogen and oxygen atoms in total. The SMILES string of the molecule is C[C@H](O)CSc1ncco1. The van der Waals surface area contributed by atoms with Gasteiger partial charge in [-0.2, -0.15) is 0 Å². The van der Waals surface area contributed by atoms with Gasteiger partial charge in [-0.05, 0) is 6.92 Å². The van der Waals surface area contributed by atoms with Gasteiger partial charge in [-0.3, -0.25) is 0 Å². The molecule has 0 aliphatic heterocycles. The molecule has 1 atom stereocenters. The Morgan fingerprint density at radius 3 is 3.20 bits per heavy atom. The molecule has 1 rings (SSSR count). The van der Waals surface area contributed by atoms with Crippen LogP contribution in [0.15, 0.2) is 22.1 Å². The van der Waals surface area contributed by atoms with Crippen LogP contribution in [-0.2, 0) is 0 Å². The average molecular weight is 159 g/mol. The van der Waals surface area contributed by atoms with Crippen molar-refractivity contribution in [2.24, 2.45) is 0 Å². The van der Waals surface area contributed by atoms with Crippen LogP contribution in [0.25, 0.3) is 0 Å². The maximum atomic E-state index is 8.86. The second kappa shape index (κ2) is 3.63. The minimum atomic E-state index is -0.308. The maximum Gasteiger partial charge on any atom is 0.255 e. The molecule has 0 amide bonds. The zero-order valence-corrected chi connectivity index (χ0v) is 6.47. The van der Waals surface area contributed by atoms with Crippen molar-refractivity contribution in [2.75, 3.05) is 5.75 Å². The van der Waals surface area contributed by atoms with Crippen molar-refractivity contribution in [3.05, 3.63) is 12.5 Å². The molecule has 1 N–H and O–H groups in total. The summed E-state index contributed by atoms with van der Waals surface area (Å²) < 4.78 is 4.92. The van der Waals surface area contributed by atoms with Crippen molar-refractivity contribution in [2.45, 2.75) is 18.3 Å². The van der Waals surface area contributed by atoms with Gasteiger partial charge in [-0.15, -0.1) is 0 Å². The van der Waals surface area contributed by atoms with E-state index in [9.17, 15) is 0 Å². The highest BCUT2D eigenvalue weighted by molar-refractivity contribution is 7.99. The van der Waals surface area contributed by atoms with Gasteiger partial charge in [-0.1, -0.05) is 11.8 Å². The Balaban J connectivity index is 2.28. The number of hydrogen-bond acceptors (Lipinski definition) is 4. The molecule has 0 aromatic carbocycles. The van der Waals surface area contributed by atoms with E-state index in [2.05, 4.69) is 4.98 Å². The smallest absolute Gasteiger partial charge is 0.255 e. The van der Waals surface area contributed by atoms with Gasteiger partial charge in [0.05, 0.1) is 12.3 Å². The lowest BCUT2D eigenvalue weighted by Crippen LogP contribution is -2.02. The molecule has 1 heterocycles. The number of oxazole rings is 1. The summed E-state index contributed by atoms with van der Waals surface area (Å²) in [5.74, 6) is 0.626. The summed E-state index contributed by atoms with van der Waals surface area (Å²) >= 11 is 1.41. The molecule has 1 aromatic heterocycles. The molecule has 0 aliphatic rings. The monoisotopic (exact) mass is 159 g/mol. The molecule has 0 fully saturated rings. The van der Waals surface area contributed by atoms with Crippen LogP contribution in [0.1, 0.15) is 6.92 Å². The highest BCUT2D eigenvalue weighted by Gasteiger charge is 2.00. The van der Waals surface area contributed by atoms with E-state index in [1.54, 1.807) is 13.1 Å². The number of aliphatic hydroxyl groups is 1. The van der Waals surface area contributed by atoms with Gasteiger partial charge in [0.1, 0.15) is 6.26 Å². The largest absolute Gasteiger partial charge is 0.440 e. The van der Waals surface area contributed by atoms with E-state index in [0.717, 1.165) is 0 Å². The first-order valence-electron chi connectivity index (χ1n) is 2.99. The van der Waals surface area contributed by atoms with Crippen molar-refractivity contribution in [1.82, 2.24) is 4.98 Å². The van der Waals surface area contributed by atoms with Crippen molar-refractivity contribution in [3.63, 3.8) is 0 Å². The molecule has 1 aromatic rings. The molecule has 0 unspecified atom stereocenters. The molecular weight excluding hydrogens is 150 g/mol. The van der Waals surface area contributed by atoms with Crippen LogP contribution in [0.4, 0.5) is 0 Å². The van der Waals surface area contributed by atoms with Crippen molar-refractivity contribution in [1.29, 1.82) is 0 Å². The Morgan fingerprint density at radius 2 is 2.70 bits per heavy atom. The van der Waals surface area contributed by atoms with E-state index in [4.69, 9.17) is 9.52 Å². The first-order chi connectivity index (χ1) is 4.79. The van der Waals surface area contributed by atoms with Crippen LogP contribution in [-0.4, -0.2) is 21.9 Å². The Kier molecular flexibility index (Phi) is 2.77. The molecule has 56 valence electrons. The van der Waals surface area contributed by atoms with Crippen LogP contribution in [0.2, 0.25) is 0 Å². The predicted molar refractivity (Wildman–Crippen MR) is 38.9 cm³/mol. The number of aliphatic hydroxyl groups excluding tert-OH is 1.